The summed E-state index contributed by atoms with van der Waals surface area (Å²) in [6, 6.07) is 6.85. The first kappa shape index (κ1) is 22.0. The van der Waals surface area contributed by atoms with Crippen LogP contribution >= 0.6 is 0 Å². The van der Waals surface area contributed by atoms with E-state index in [9.17, 15) is 9.18 Å². The van der Waals surface area contributed by atoms with Gasteiger partial charge >= 0.3 is 0 Å². The summed E-state index contributed by atoms with van der Waals surface area (Å²) in [5.74, 6) is 0.944. The average Bonchev–Trinajstić information content (AvgIpc) is 2.74. The van der Waals surface area contributed by atoms with E-state index in [1.165, 1.54) is 37.7 Å². The third kappa shape index (κ3) is 6.65. The molecule has 1 aromatic rings. The van der Waals surface area contributed by atoms with Crippen LogP contribution in [0, 0.1) is 17.7 Å². The van der Waals surface area contributed by atoms with Gasteiger partial charge in [-0.25, -0.2) is 4.39 Å². The van der Waals surface area contributed by atoms with E-state index in [4.69, 9.17) is 10.5 Å². The van der Waals surface area contributed by atoms with Crippen LogP contribution in [0.5, 0.6) is 0 Å². The minimum Gasteiger partial charge on any atom is -0.381 e. The van der Waals surface area contributed by atoms with Gasteiger partial charge in [-0.3, -0.25) is 9.69 Å². The molecule has 1 aromatic carbocycles. The highest BCUT2D eigenvalue weighted by atomic mass is 19.1. The van der Waals surface area contributed by atoms with Crippen LogP contribution in [0.1, 0.15) is 56.9 Å². The largest absolute Gasteiger partial charge is 0.381 e. The Morgan fingerprint density at radius 1 is 1.24 bits per heavy atom. The van der Waals surface area contributed by atoms with Crippen molar-refractivity contribution in [3.05, 3.63) is 41.7 Å². The van der Waals surface area contributed by atoms with Gasteiger partial charge in [0.2, 0.25) is 5.91 Å². The normalized spacial score (nSPS) is 24.1. The molecule has 1 heterocycles. The minimum absolute atomic E-state index is 0.167. The van der Waals surface area contributed by atoms with Gasteiger partial charge in [0.15, 0.2) is 0 Å². The number of methoxy groups -OCH3 is 1. The lowest BCUT2D eigenvalue weighted by molar-refractivity contribution is -0.119. The molecule has 1 atom stereocenters. The predicted octanol–water partition coefficient (Wildman–Crippen LogP) is 4.39. The maximum absolute atomic E-state index is 13.1. The summed E-state index contributed by atoms with van der Waals surface area (Å²) in [7, 11) is 1.75. The molecule has 1 aliphatic heterocycles. The van der Waals surface area contributed by atoms with Crippen LogP contribution in [-0.4, -0.2) is 43.7 Å². The molecule has 0 bridgehead atoms. The summed E-state index contributed by atoms with van der Waals surface area (Å²) in [5, 5.41) is 0. The first-order valence-electron chi connectivity index (χ1n) is 11.0. The van der Waals surface area contributed by atoms with Gasteiger partial charge in [0.25, 0.3) is 0 Å². The summed E-state index contributed by atoms with van der Waals surface area (Å²) in [6.45, 7) is 3.22. The molecule has 29 heavy (non-hydrogen) atoms. The van der Waals surface area contributed by atoms with Crippen LogP contribution in [0.25, 0.3) is 5.57 Å². The third-order valence-corrected chi connectivity index (χ3v) is 6.76. The number of carbonyl (C=O) groups is 1. The second kappa shape index (κ2) is 10.9. The number of halogens is 1. The van der Waals surface area contributed by atoms with Crippen molar-refractivity contribution in [1.29, 1.82) is 0 Å². The van der Waals surface area contributed by atoms with Crippen molar-refractivity contribution in [3.63, 3.8) is 0 Å². The number of amides is 1. The third-order valence-electron chi connectivity index (χ3n) is 6.76. The summed E-state index contributed by atoms with van der Waals surface area (Å²) >= 11 is 0. The minimum atomic E-state index is -0.237. The molecule has 1 fully saturated rings. The molecule has 2 N–H and O–H groups in total. The van der Waals surface area contributed by atoms with E-state index in [1.54, 1.807) is 19.2 Å². The molecule has 1 saturated carbocycles. The van der Waals surface area contributed by atoms with E-state index in [0.29, 0.717) is 12.3 Å². The SMILES string of the molecule is COC(CCC(N)=O)C1CCC(CCN2CC=C(c3ccc(F)cc3)CC2)CC1. The van der Waals surface area contributed by atoms with E-state index in [2.05, 4.69) is 11.0 Å². The molecule has 3 rings (SSSR count). The zero-order chi connectivity index (χ0) is 20.6. The number of rotatable bonds is 9. The molecule has 2 aliphatic rings. The van der Waals surface area contributed by atoms with Crippen LogP contribution in [0.4, 0.5) is 4.39 Å². The summed E-state index contributed by atoms with van der Waals surface area (Å²) in [4.78, 5) is 13.6. The van der Waals surface area contributed by atoms with Crippen LogP contribution in [-0.2, 0) is 9.53 Å². The Bertz CT molecular complexity index is 681. The molecule has 0 spiro atoms. The van der Waals surface area contributed by atoms with Gasteiger partial charge in [-0.15, -0.1) is 0 Å². The average molecular weight is 403 g/mol. The van der Waals surface area contributed by atoms with Gasteiger partial charge in [-0.1, -0.05) is 31.1 Å². The van der Waals surface area contributed by atoms with E-state index in [-0.39, 0.29) is 17.8 Å². The highest BCUT2D eigenvalue weighted by Gasteiger charge is 2.28. The molecule has 0 radical (unpaired) electrons. The van der Waals surface area contributed by atoms with Gasteiger partial charge in [0.1, 0.15) is 5.82 Å². The molecule has 4 nitrogen and oxygen atoms in total. The lowest BCUT2D eigenvalue weighted by atomic mass is 9.77. The molecule has 1 amide bonds. The van der Waals surface area contributed by atoms with E-state index in [1.807, 2.05) is 12.1 Å². The second-order valence-electron chi connectivity index (χ2n) is 8.64. The van der Waals surface area contributed by atoms with Crippen molar-refractivity contribution >= 4 is 11.5 Å². The van der Waals surface area contributed by atoms with Gasteiger partial charge in [-0.05, 0) is 73.8 Å². The van der Waals surface area contributed by atoms with E-state index >= 15 is 0 Å². The number of ether oxygens (including phenoxy) is 1. The Morgan fingerprint density at radius 3 is 2.55 bits per heavy atom. The molecule has 160 valence electrons. The highest BCUT2D eigenvalue weighted by molar-refractivity contribution is 5.73. The van der Waals surface area contributed by atoms with Crippen molar-refractivity contribution in [2.75, 3.05) is 26.7 Å². The number of nitrogens with zero attached hydrogens (tertiary/aromatic N) is 1. The maximum atomic E-state index is 13.1. The number of hydrogen-bond donors (Lipinski definition) is 1. The standard InChI is InChI=1S/C24H35FN2O2/c1-29-23(10-11-24(26)28)21-4-2-18(3-5-21)12-15-27-16-13-20(14-17-27)19-6-8-22(25)9-7-19/h6-9,13,18,21,23H,2-5,10-12,14-17H2,1H3,(H2,26,28). The van der Waals surface area contributed by atoms with Gasteiger partial charge in [0.05, 0.1) is 6.10 Å². The second-order valence-corrected chi connectivity index (χ2v) is 8.64. The Morgan fingerprint density at radius 2 is 1.97 bits per heavy atom. The molecule has 1 aliphatic carbocycles. The highest BCUT2D eigenvalue weighted by Crippen LogP contribution is 2.35. The quantitative estimate of drug-likeness (QED) is 0.666. The van der Waals surface area contributed by atoms with Gasteiger partial charge < -0.3 is 10.5 Å². The fourth-order valence-corrected chi connectivity index (χ4v) is 4.88. The Labute approximate surface area is 174 Å². The molecule has 0 aromatic heterocycles. The Balaban J connectivity index is 1.37. The molecule has 0 saturated heterocycles. The molecular formula is C24H35FN2O2. The van der Waals surface area contributed by atoms with Crippen molar-refractivity contribution in [1.82, 2.24) is 4.90 Å². The zero-order valence-corrected chi connectivity index (χ0v) is 17.6. The summed E-state index contributed by atoms with van der Waals surface area (Å²) in [5.41, 5.74) is 7.77. The zero-order valence-electron chi connectivity index (χ0n) is 17.6. The molecule has 5 heteroatoms. The summed E-state index contributed by atoms with van der Waals surface area (Å²) in [6.07, 6.45) is 10.8. The fourth-order valence-electron chi connectivity index (χ4n) is 4.88. The van der Waals surface area contributed by atoms with Crippen LogP contribution in [0.2, 0.25) is 0 Å². The van der Waals surface area contributed by atoms with Crippen molar-refractivity contribution < 1.29 is 13.9 Å². The predicted molar refractivity (Wildman–Crippen MR) is 115 cm³/mol. The van der Waals surface area contributed by atoms with E-state index in [0.717, 1.165) is 44.0 Å². The lowest BCUT2D eigenvalue weighted by Crippen LogP contribution is -2.32. The number of benzene rings is 1. The number of hydrogen-bond acceptors (Lipinski definition) is 3. The molecular weight excluding hydrogens is 367 g/mol. The van der Waals surface area contributed by atoms with Gasteiger partial charge in [-0.2, -0.15) is 0 Å². The smallest absolute Gasteiger partial charge is 0.217 e. The van der Waals surface area contributed by atoms with Crippen LogP contribution < -0.4 is 5.73 Å². The first-order chi connectivity index (χ1) is 14.0. The first-order valence-corrected chi connectivity index (χ1v) is 11.0. The fraction of sp³-hybridized carbons (Fsp3) is 0.625. The number of carbonyl (C=O) groups excluding carboxylic acids is 1. The van der Waals surface area contributed by atoms with Crippen LogP contribution in [0.3, 0.4) is 0 Å². The number of nitrogens with two attached hydrogens (primary N) is 1. The lowest BCUT2D eigenvalue weighted by Gasteiger charge is -2.34. The maximum Gasteiger partial charge on any atom is 0.217 e. The van der Waals surface area contributed by atoms with Crippen molar-refractivity contribution in [2.24, 2.45) is 17.6 Å². The monoisotopic (exact) mass is 402 g/mol. The topological polar surface area (TPSA) is 55.6 Å². The number of primary amides is 1. The van der Waals surface area contributed by atoms with E-state index < -0.39 is 0 Å². The Kier molecular flexibility index (Phi) is 8.25. The summed E-state index contributed by atoms with van der Waals surface area (Å²) < 4.78 is 18.7. The van der Waals surface area contributed by atoms with Crippen LogP contribution in [0.15, 0.2) is 30.3 Å². The van der Waals surface area contributed by atoms with Crippen molar-refractivity contribution in [3.8, 4) is 0 Å². The Hall–Kier alpha value is -1.72. The molecule has 1 unspecified atom stereocenters. The van der Waals surface area contributed by atoms with Crippen molar-refractivity contribution in [2.45, 2.75) is 57.5 Å². The van der Waals surface area contributed by atoms with Gasteiger partial charge in [0, 0.05) is 26.6 Å².